The first-order valence-corrected chi connectivity index (χ1v) is 10.6. The fourth-order valence-corrected chi connectivity index (χ4v) is 3.88. The number of nitrogens with zero attached hydrogens (tertiary/aromatic N) is 4. The van der Waals surface area contributed by atoms with E-state index in [1.807, 2.05) is 18.3 Å². The van der Waals surface area contributed by atoms with Crippen molar-refractivity contribution >= 4 is 11.8 Å². The molecule has 31 heavy (non-hydrogen) atoms. The van der Waals surface area contributed by atoms with Gasteiger partial charge in [-0.25, -0.2) is 9.97 Å². The van der Waals surface area contributed by atoms with E-state index in [9.17, 15) is 9.90 Å². The number of nitrogens with one attached hydrogen (secondary N) is 1. The van der Waals surface area contributed by atoms with Gasteiger partial charge in [0.05, 0.1) is 25.3 Å². The molecule has 4 heterocycles. The number of aliphatic carboxylic acids is 1. The van der Waals surface area contributed by atoms with Crippen LogP contribution >= 0.6 is 0 Å². The predicted octanol–water partition coefficient (Wildman–Crippen LogP) is 3.28. The van der Waals surface area contributed by atoms with E-state index in [1.165, 1.54) is 5.56 Å². The summed E-state index contributed by atoms with van der Waals surface area (Å²) >= 11 is 0. The van der Waals surface area contributed by atoms with Gasteiger partial charge in [0.2, 0.25) is 5.88 Å². The highest BCUT2D eigenvalue weighted by Crippen LogP contribution is 2.23. The van der Waals surface area contributed by atoms with Gasteiger partial charge in [0.1, 0.15) is 5.82 Å². The molecule has 0 saturated heterocycles. The number of carboxylic acids is 1. The van der Waals surface area contributed by atoms with Gasteiger partial charge in [-0.05, 0) is 61.4 Å². The van der Waals surface area contributed by atoms with E-state index in [0.717, 1.165) is 61.4 Å². The first-order valence-electron chi connectivity index (χ1n) is 10.6. The van der Waals surface area contributed by atoms with E-state index in [1.54, 1.807) is 24.1 Å². The second-order valence-corrected chi connectivity index (χ2v) is 7.73. The number of pyridine rings is 2. The zero-order chi connectivity index (χ0) is 21.6. The maximum Gasteiger partial charge on any atom is 0.305 e. The van der Waals surface area contributed by atoms with E-state index in [-0.39, 0.29) is 6.42 Å². The molecule has 0 radical (unpaired) electrons. The summed E-state index contributed by atoms with van der Waals surface area (Å²) in [6, 6.07) is 9.39. The number of anilines is 1. The van der Waals surface area contributed by atoms with E-state index in [4.69, 9.17) is 9.72 Å². The van der Waals surface area contributed by atoms with Gasteiger partial charge in [0, 0.05) is 30.7 Å². The fraction of sp³-hybridized carbons (Fsp3) is 0.391. The van der Waals surface area contributed by atoms with Crippen LogP contribution in [-0.4, -0.2) is 44.5 Å². The fourth-order valence-electron chi connectivity index (χ4n) is 3.88. The van der Waals surface area contributed by atoms with Crippen LogP contribution < -0.4 is 10.1 Å². The van der Waals surface area contributed by atoms with Gasteiger partial charge < -0.3 is 15.2 Å². The lowest BCUT2D eigenvalue weighted by atomic mass is 10.1. The van der Waals surface area contributed by atoms with Crippen LogP contribution in [-0.2, 0) is 24.1 Å². The summed E-state index contributed by atoms with van der Waals surface area (Å²) in [4.78, 5) is 20.4. The molecule has 2 N–H and O–H groups in total. The normalized spacial score (nSPS) is 13.8. The zero-order valence-electron chi connectivity index (χ0n) is 17.6. The van der Waals surface area contributed by atoms with Crippen molar-refractivity contribution in [2.75, 3.05) is 19.0 Å². The van der Waals surface area contributed by atoms with Crippen molar-refractivity contribution in [1.29, 1.82) is 0 Å². The highest BCUT2D eigenvalue weighted by Gasteiger charge is 2.19. The van der Waals surface area contributed by atoms with Gasteiger partial charge in [-0.2, -0.15) is 5.10 Å². The quantitative estimate of drug-likeness (QED) is 0.547. The lowest BCUT2D eigenvalue weighted by Gasteiger charge is -2.17. The summed E-state index contributed by atoms with van der Waals surface area (Å²) in [6.07, 6.45) is 8.28. The van der Waals surface area contributed by atoms with Crippen LogP contribution in [0, 0.1) is 0 Å². The molecule has 1 aliphatic heterocycles. The monoisotopic (exact) mass is 421 g/mol. The maximum absolute atomic E-state index is 11.4. The first kappa shape index (κ1) is 20.8. The minimum Gasteiger partial charge on any atom is -0.481 e. The highest BCUT2D eigenvalue weighted by molar-refractivity contribution is 5.68. The Balaban J connectivity index is 1.40. The molecule has 0 aliphatic carbocycles. The minimum atomic E-state index is -0.884. The number of aromatic nitrogens is 4. The standard InChI is InChI=1S/C23H27N5O3/c1-31-21-10-8-17(15-25-21)20(14-22(29)30)28-13-11-19(27-28)6-2-5-18-9-7-16-4-3-12-24-23(16)26-18/h7-11,13,15,20H,2-6,12,14H2,1H3,(H,24,26)(H,29,30)/t20-/m1/s1. The van der Waals surface area contributed by atoms with Crippen molar-refractivity contribution < 1.29 is 14.6 Å². The number of ether oxygens (including phenoxy) is 1. The molecule has 8 heteroatoms. The Kier molecular flexibility index (Phi) is 6.45. The molecule has 162 valence electrons. The van der Waals surface area contributed by atoms with Gasteiger partial charge in [-0.3, -0.25) is 9.48 Å². The van der Waals surface area contributed by atoms with E-state index in [2.05, 4.69) is 27.5 Å². The number of aryl methyl sites for hydroxylation is 3. The van der Waals surface area contributed by atoms with Gasteiger partial charge in [0.15, 0.2) is 0 Å². The summed E-state index contributed by atoms with van der Waals surface area (Å²) in [6.45, 7) is 0.988. The summed E-state index contributed by atoms with van der Waals surface area (Å²) in [7, 11) is 1.55. The van der Waals surface area contributed by atoms with Crippen molar-refractivity contribution in [3.05, 3.63) is 65.2 Å². The molecule has 1 atom stereocenters. The number of fused-ring (bicyclic) bond motifs is 1. The van der Waals surface area contributed by atoms with Gasteiger partial charge in [-0.15, -0.1) is 0 Å². The Morgan fingerprint density at radius 3 is 2.87 bits per heavy atom. The number of methoxy groups -OCH3 is 1. The van der Waals surface area contributed by atoms with Crippen LogP contribution in [0.5, 0.6) is 5.88 Å². The van der Waals surface area contributed by atoms with Crippen molar-refractivity contribution in [1.82, 2.24) is 19.7 Å². The number of carbonyl (C=O) groups is 1. The van der Waals surface area contributed by atoms with Crippen molar-refractivity contribution in [3.8, 4) is 5.88 Å². The third-order valence-electron chi connectivity index (χ3n) is 5.52. The zero-order valence-corrected chi connectivity index (χ0v) is 17.6. The molecular formula is C23H27N5O3. The van der Waals surface area contributed by atoms with Crippen LogP contribution in [0.25, 0.3) is 0 Å². The average molecular weight is 422 g/mol. The van der Waals surface area contributed by atoms with Gasteiger partial charge >= 0.3 is 5.97 Å². The molecule has 0 aromatic carbocycles. The van der Waals surface area contributed by atoms with Crippen LogP contribution in [0.1, 0.15) is 47.8 Å². The molecule has 8 nitrogen and oxygen atoms in total. The lowest BCUT2D eigenvalue weighted by Crippen LogP contribution is -2.16. The van der Waals surface area contributed by atoms with Crippen LogP contribution in [0.15, 0.2) is 42.7 Å². The smallest absolute Gasteiger partial charge is 0.305 e. The van der Waals surface area contributed by atoms with E-state index >= 15 is 0 Å². The molecular weight excluding hydrogens is 394 g/mol. The Labute approximate surface area is 181 Å². The lowest BCUT2D eigenvalue weighted by molar-refractivity contribution is -0.137. The Morgan fingerprint density at radius 2 is 2.10 bits per heavy atom. The first-order chi connectivity index (χ1) is 15.1. The number of carboxylic acid groups (broad SMARTS) is 1. The molecule has 0 saturated carbocycles. The van der Waals surface area contributed by atoms with Gasteiger partial charge in [-0.1, -0.05) is 6.07 Å². The number of rotatable bonds is 9. The van der Waals surface area contributed by atoms with E-state index < -0.39 is 12.0 Å². The third kappa shape index (κ3) is 5.20. The van der Waals surface area contributed by atoms with Crippen LogP contribution in [0.2, 0.25) is 0 Å². The van der Waals surface area contributed by atoms with Gasteiger partial charge in [0.25, 0.3) is 0 Å². The topological polar surface area (TPSA) is 102 Å². The van der Waals surface area contributed by atoms with E-state index in [0.29, 0.717) is 5.88 Å². The SMILES string of the molecule is COc1ccc([C@@H](CC(=O)O)n2ccc(CCCc3ccc4c(n3)NCCC4)n2)cn1. The average Bonchev–Trinajstić information content (AvgIpc) is 3.26. The molecule has 3 aromatic heterocycles. The predicted molar refractivity (Wildman–Crippen MR) is 116 cm³/mol. The maximum atomic E-state index is 11.4. The largest absolute Gasteiger partial charge is 0.481 e. The van der Waals surface area contributed by atoms with Crippen molar-refractivity contribution in [2.45, 2.75) is 44.6 Å². The Hall–Kier alpha value is -3.42. The third-order valence-corrected chi connectivity index (χ3v) is 5.52. The van der Waals surface area contributed by atoms with Crippen molar-refractivity contribution in [3.63, 3.8) is 0 Å². The number of hydrogen-bond acceptors (Lipinski definition) is 6. The summed E-state index contributed by atoms with van der Waals surface area (Å²) in [5.74, 6) is 0.632. The molecule has 0 bridgehead atoms. The Morgan fingerprint density at radius 1 is 1.23 bits per heavy atom. The Bertz CT molecular complexity index is 1030. The molecule has 0 amide bonds. The minimum absolute atomic E-state index is 0.0683. The second-order valence-electron chi connectivity index (χ2n) is 7.73. The molecule has 1 aliphatic rings. The molecule has 4 rings (SSSR count). The molecule has 0 fully saturated rings. The molecule has 0 spiro atoms. The second kappa shape index (κ2) is 9.59. The van der Waals surface area contributed by atoms with Crippen molar-refractivity contribution in [2.24, 2.45) is 0 Å². The van der Waals surface area contributed by atoms with Crippen LogP contribution in [0.4, 0.5) is 5.82 Å². The highest BCUT2D eigenvalue weighted by atomic mass is 16.5. The molecule has 0 unspecified atom stereocenters. The van der Waals surface area contributed by atoms with Crippen LogP contribution in [0.3, 0.4) is 0 Å². The summed E-state index contributed by atoms with van der Waals surface area (Å²) in [5, 5.41) is 17.4. The summed E-state index contributed by atoms with van der Waals surface area (Å²) < 4.78 is 6.81. The molecule has 3 aromatic rings. The summed E-state index contributed by atoms with van der Waals surface area (Å²) in [5.41, 5.74) is 4.10. The number of hydrogen-bond donors (Lipinski definition) is 2.